The Kier molecular flexibility index (Phi) is 8.85. The number of carbonyl (C=O) groups is 1. The second-order valence-corrected chi connectivity index (χ2v) is 12.1. The zero-order valence-electron chi connectivity index (χ0n) is 23.8. The third-order valence-electron chi connectivity index (χ3n) is 7.35. The number of ether oxygens (including phenoxy) is 2. The summed E-state index contributed by atoms with van der Waals surface area (Å²) in [5, 5.41) is 16.8. The molecule has 0 aromatic carbocycles. The van der Waals surface area contributed by atoms with Crippen LogP contribution in [0.25, 0.3) is 5.65 Å². The standard InChI is InChI=1S/C28H29F3N6O6S/c1-17-21(6-9-37-25(17)34-35-27(37)28(29,30)31)22(14-24(38)39)19-13-20(18(2)33-15-19)16-36-8-4-10-42-11-12-43-26-23(44(36,40)41)5-3-7-32-26/h3,5-7,9,13,15,22H,4,8,10-12,14,16H2,1-2H3,(H,38,39)/t22-/m1/s1. The summed E-state index contributed by atoms with van der Waals surface area (Å²) < 4.78 is 81.3. The molecule has 0 aliphatic carbocycles. The van der Waals surface area contributed by atoms with E-state index in [1.807, 2.05) is 0 Å². The SMILES string of the molecule is Cc1ncc([C@@H](CC(=O)O)c2ccn3c(C(F)(F)F)nnc3c2C)cc1CN1CCCOCCOc2ncccc2S1(=O)=O. The van der Waals surface area contributed by atoms with Crippen molar-refractivity contribution in [2.75, 3.05) is 26.4 Å². The minimum atomic E-state index is -4.73. The lowest BCUT2D eigenvalue weighted by atomic mass is 9.86. The summed E-state index contributed by atoms with van der Waals surface area (Å²) in [7, 11) is -4.10. The molecule has 1 aliphatic rings. The number of hydrogen-bond donors (Lipinski definition) is 1. The highest BCUT2D eigenvalue weighted by atomic mass is 32.2. The van der Waals surface area contributed by atoms with E-state index in [0.29, 0.717) is 41.0 Å². The first-order valence-electron chi connectivity index (χ1n) is 13.6. The predicted molar refractivity (Wildman–Crippen MR) is 149 cm³/mol. The molecule has 5 rings (SSSR count). The van der Waals surface area contributed by atoms with Crippen molar-refractivity contribution in [2.24, 2.45) is 0 Å². The van der Waals surface area contributed by atoms with Crippen LogP contribution in [0.1, 0.15) is 52.5 Å². The second-order valence-electron chi connectivity index (χ2n) is 10.2. The van der Waals surface area contributed by atoms with Crippen molar-refractivity contribution in [2.45, 2.75) is 50.2 Å². The van der Waals surface area contributed by atoms with E-state index in [-0.39, 0.29) is 42.7 Å². The fourth-order valence-electron chi connectivity index (χ4n) is 5.13. The van der Waals surface area contributed by atoms with E-state index >= 15 is 0 Å². The van der Waals surface area contributed by atoms with Crippen LogP contribution < -0.4 is 4.74 Å². The van der Waals surface area contributed by atoms with E-state index in [1.54, 1.807) is 19.9 Å². The van der Waals surface area contributed by atoms with Gasteiger partial charge in [0.25, 0.3) is 0 Å². The third-order valence-corrected chi connectivity index (χ3v) is 9.21. The average molecular weight is 635 g/mol. The Labute approximate surface area is 250 Å². The van der Waals surface area contributed by atoms with E-state index in [4.69, 9.17) is 9.47 Å². The Morgan fingerprint density at radius 2 is 1.93 bits per heavy atom. The number of aryl methyl sites for hydroxylation is 2. The lowest BCUT2D eigenvalue weighted by Gasteiger charge is -2.24. The van der Waals surface area contributed by atoms with Crippen molar-refractivity contribution < 1.29 is 41.0 Å². The van der Waals surface area contributed by atoms with Gasteiger partial charge < -0.3 is 14.6 Å². The molecule has 12 nitrogen and oxygen atoms in total. The maximum atomic E-state index is 13.9. The van der Waals surface area contributed by atoms with Crippen LogP contribution >= 0.6 is 0 Å². The van der Waals surface area contributed by atoms with Crippen LogP contribution in [0.3, 0.4) is 0 Å². The second kappa shape index (κ2) is 12.5. The zero-order chi connectivity index (χ0) is 31.6. The summed E-state index contributed by atoms with van der Waals surface area (Å²) in [5.41, 5.74) is 2.17. The van der Waals surface area contributed by atoms with Gasteiger partial charge in [-0.2, -0.15) is 17.5 Å². The van der Waals surface area contributed by atoms with Gasteiger partial charge in [-0.25, -0.2) is 13.4 Å². The number of pyridine rings is 3. The number of hydrogen-bond acceptors (Lipinski definition) is 9. The molecule has 4 aromatic heterocycles. The molecule has 1 aliphatic heterocycles. The lowest BCUT2D eigenvalue weighted by molar-refractivity contribution is -0.145. The van der Waals surface area contributed by atoms with Crippen LogP contribution in [0, 0.1) is 13.8 Å². The molecule has 1 atom stereocenters. The summed E-state index contributed by atoms with van der Waals surface area (Å²) in [6, 6.07) is 6.02. The van der Waals surface area contributed by atoms with Crippen molar-refractivity contribution in [3.63, 3.8) is 0 Å². The number of rotatable bonds is 6. The Morgan fingerprint density at radius 1 is 1.14 bits per heavy atom. The van der Waals surface area contributed by atoms with Gasteiger partial charge >= 0.3 is 12.1 Å². The van der Waals surface area contributed by atoms with Gasteiger partial charge in [0.05, 0.1) is 13.0 Å². The molecule has 1 N–H and O–H groups in total. The first-order chi connectivity index (χ1) is 20.9. The van der Waals surface area contributed by atoms with Gasteiger partial charge in [0.2, 0.25) is 21.7 Å². The van der Waals surface area contributed by atoms with Crippen LogP contribution in [0.5, 0.6) is 5.88 Å². The van der Waals surface area contributed by atoms with Crippen molar-refractivity contribution in [1.29, 1.82) is 0 Å². The van der Waals surface area contributed by atoms with Gasteiger partial charge in [-0.1, -0.05) is 6.07 Å². The number of alkyl halides is 3. The average Bonchev–Trinajstić information content (AvgIpc) is 3.41. The first-order valence-corrected chi connectivity index (χ1v) is 15.1. The third kappa shape index (κ3) is 6.37. The Morgan fingerprint density at radius 3 is 2.68 bits per heavy atom. The maximum Gasteiger partial charge on any atom is 0.452 e. The molecule has 0 fully saturated rings. The van der Waals surface area contributed by atoms with Crippen LogP contribution in [0.4, 0.5) is 13.2 Å². The van der Waals surface area contributed by atoms with E-state index in [9.17, 15) is 31.5 Å². The molecular weight excluding hydrogens is 605 g/mol. The fraction of sp³-hybridized carbons (Fsp3) is 0.393. The molecule has 0 unspecified atom stereocenters. The first kappa shape index (κ1) is 31.3. The monoisotopic (exact) mass is 634 g/mol. The topological polar surface area (TPSA) is 149 Å². The van der Waals surface area contributed by atoms with Crippen LogP contribution in [-0.4, -0.2) is 74.7 Å². The number of fused-ring (bicyclic) bond motifs is 2. The minimum Gasteiger partial charge on any atom is -0.481 e. The highest BCUT2D eigenvalue weighted by Crippen LogP contribution is 2.35. The van der Waals surface area contributed by atoms with Gasteiger partial charge in [-0.15, -0.1) is 10.2 Å². The molecule has 234 valence electrons. The summed E-state index contributed by atoms with van der Waals surface area (Å²) >= 11 is 0. The number of halogens is 3. The quantitative estimate of drug-likeness (QED) is 0.332. The summed E-state index contributed by atoms with van der Waals surface area (Å²) in [5.74, 6) is -3.21. The number of aromatic nitrogens is 5. The number of carboxylic acid groups (broad SMARTS) is 1. The number of nitrogens with zero attached hydrogens (tertiary/aromatic N) is 6. The molecule has 4 aromatic rings. The number of sulfonamides is 1. The van der Waals surface area contributed by atoms with E-state index < -0.39 is 40.3 Å². The lowest BCUT2D eigenvalue weighted by Crippen LogP contribution is -2.33. The summed E-state index contributed by atoms with van der Waals surface area (Å²) in [6.07, 6.45) is -0.653. The minimum absolute atomic E-state index is 0.0406. The zero-order valence-corrected chi connectivity index (χ0v) is 24.6. The van der Waals surface area contributed by atoms with Crippen LogP contribution in [0.15, 0.2) is 47.8 Å². The fourth-order valence-corrected chi connectivity index (χ4v) is 6.67. The van der Waals surface area contributed by atoms with Crippen molar-refractivity contribution in [1.82, 2.24) is 28.9 Å². The summed E-state index contributed by atoms with van der Waals surface area (Å²) in [4.78, 5) is 20.4. The summed E-state index contributed by atoms with van der Waals surface area (Å²) in [6.45, 7) is 3.98. The highest BCUT2D eigenvalue weighted by Gasteiger charge is 2.37. The van der Waals surface area contributed by atoms with Gasteiger partial charge in [0.15, 0.2) is 5.65 Å². The largest absolute Gasteiger partial charge is 0.481 e. The van der Waals surface area contributed by atoms with Gasteiger partial charge in [0, 0.05) is 49.9 Å². The van der Waals surface area contributed by atoms with Crippen molar-refractivity contribution >= 4 is 21.6 Å². The molecule has 0 bridgehead atoms. The Hall–Kier alpha value is -4.15. The van der Waals surface area contributed by atoms with E-state index in [0.717, 1.165) is 10.6 Å². The molecule has 0 amide bonds. The highest BCUT2D eigenvalue weighted by molar-refractivity contribution is 7.89. The molecular formula is C28H29F3N6O6S. The molecule has 0 spiro atoms. The predicted octanol–water partition coefficient (Wildman–Crippen LogP) is 3.75. The normalized spacial score (nSPS) is 16.9. The number of aliphatic carboxylic acids is 1. The Bertz CT molecular complexity index is 1800. The molecule has 0 saturated heterocycles. The van der Waals surface area contributed by atoms with E-state index in [2.05, 4.69) is 20.2 Å². The molecule has 44 heavy (non-hydrogen) atoms. The van der Waals surface area contributed by atoms with Gasteiger partial charge in [-0.05, 0) is 60.7 Å². The molecule has 0 saturated carbocycles. The van der Waals surface area contributed by atoms with Gasteiger partial charge in [-0.3, -0.25) is 14.2 Å². The van der Waals surface area contributed by atoms with Crippen LogP contribution in [0.2, 0.25) is 0 Å². The van der Waals surface area contributed by atoms with Gasteiger partial charge in [0.1, 0.15) is 11.5 Å². The maximum absolute atomic E-state index is 13.9. The smallest absolute Gasteiger partial charge is 0.452 e. The molecule has 0 radical (unpaired) electrons. The van der Waals surface area contributed by atoms with E-state index in [1.165, 1.54) is 34.9 Å². The van der Waals surface area contributed by atoms with Crippen molar-refractivity contribution in [3.05, 3.63) is 76.6 Å². The Balaban J connectivity index is 1.55. The number of carboxylic acids is 1. The van der Waals surface area contributed by atoms with Crippen molar-refractivity contribution in [3.8, 4) is 5.88 Å². The molecule has 5 heterocycles. The molecule has 16 heteroatoms. The van der Waals surface area contributed by atoms with Crippen LogP contribution in [-0.2, 0) is 32.3 Å².